The number of ether oxygens (including phenoxy) is 2. The van der Waals surface area contributed by atoms with Crippen molar-refractivity contribution in [3.63, 3.8) is 0 Å². The zero-order chi connectivity index (χ0) is 18.9. The molecule has 0 unspecified atom stereocenters. The third kappa shape index (κ3) is 4.87. The van der Waals surface area contributed by atoms with Crippen molar-refractivity contribution in [3.05, 3.63) is 35.4 Å². The summed E-state index contributed by atoms with van der Waals surface area (Å²) in [6.45, 7) is 6.46. The molecule has 0 bridgehead atoms. The lowest BCUT2D eigenvalue weighted by Crippen LogP contribution is -2.41. The molecule has 0 radical (unpaired) electrons. The van der Waals surface area contributed by atoms with Gasteiger partial charge in [0, 0.05) is 0 Å². The molecule has 26 heavy (non-hydrogen) atoms. The molecular weight excluding hydrogens is 328 g/mol. The van der Waals surface area contributed by atoms with Gasteiger partial charge >= 0.3 is 11.9 Å². The number of rotatable bonds is 9. The number of carbonyl (C=O) groups is 2. The predicted octanol–water partition coefficient (Wildman–Crippen LogP) is 4.66. The van der Waals surface area contributed by atoms with E-state index in [2.05, 4.69) is 19.1 Å². The van der Waals surface area contributed by atoms with Gasteiger partial charge in [-0.15, -0.1) is 0 Å². The first kappa shape index (κ1) is 20.5. The van der Waals surface area contributed by atoms with Crippen molar-refractivity contribution in [1.29, 1.82) is 0 Å². The van der Waals surface area contributed by atoms with Gasteiger partial charge in [-0.3, -0.25) is 9.59 Å². The Kier molecular flexibility index (Phi) is 8.14. The van der Waals surface area contributed by atoms with Gasteiger partial charge < -0.3 is 9.47 Å². The number of hydrogen-bond donors (Lipinski definition) is 0. The van der Waals surface area contributed by atoms with E-state index >= 15 is 0 Å². The molecule has 1 aliphatic carbocycles. The summed E-state index contributed by atoms with van der Waals surface area (Å²) in [5.41, 5.74) is 2.36. The van der Waals surface area contributed by atoms with Crippen molar-refractivity contribution in [1.82, 2.24) is 0 Å². The third-order valence-corrected chi connectivity index (χ3v) is 5.28. The van der Waals surface area contributed by atoms with Crippen LogP contribution >= 0.6 is 0 Å². The quantitative estimate of drug-likeness (QED) is 0.475. The Morgan fingerprint density at radius 3 is 2.35 bits per heavy atom. The lowest BCUT2D eigenvalue weighted by molar-refractivity contribution is -0.162. The molecule has 0 N–H and O–H groups in total. The Morgan fingerprint density at radius 1 is 0.962 bits per heavy atom. The van der Waals surface area contributed by atoms with E-state index in [-0.39, 0.29) is 17.9 Å². The molecule has 0 fully saturated rings. The van der Waals surface area contributed by atoms with Crippen LogP contribution in [0.15, 0.2) is 24.3 Å². The molecule has 0 amide bonds. The molecule has 0 spiro atoms. The van der Waals surface area contributed by atoms with E-state index in [0.717, 1.165) is 24.8 Å². The molecule has 1 aliphatic rings. The average Bonchev–Trinajstić information content (AvgIpc) is 2.64. The molecule has 0 saturated heterocycles. The van der Waals surface area contributed by atoms with E-state index in [9.17, 15) is 9.59 Å². The predicted molar refractivity (Wildman–Crippen MR) is 102 cm³/mol. The summed E-state index contributed by atoms with van der Waals surface area (Å²) in [7, 11) is 0. The molecule has 1 aromatic rings. The second-order valence-electron chi connectivity index (χ2n) is 7.00. The summed E-state index contributed by atoms with van der Waals surface area (Å²) in [6, 6.07) is 8.19. The van der Waals surface area contributed by atoms with Gasteiger partial charge in [-0.25, -0.2) is 0 Å². The first-order valence-electron chi connectivity index (χ1n) is 10.0. The highest BCUT2D eigenvalue weighted by atomic mass is 16.5. The van der Waals surface area contributed by atoms with E-state index < -0.39 is 11.8 Å². The van der Waals surface area contributed by atoms with Crippen LogP contribution in [0.3, 0.4) is 0 Å². The topological polar surface area (TPSA) is 52.6 Å². The summed E-state index contributed by atoms with van der Waals surface area (Å²) in [4.78, 5) is 25.4. The highest BCUT2D eigenvalue weighted by molar-refractivity contribution is 5.84. The van der Waals surface area contributed by atoms with Crippen LogP contribution in [0.1, 0.15) is 69.9 Å². The van der Waals surface area contributed by atoms with Crippen molar-refractivity contribution in [2.24, 2.45) is 11.8 Å². The molecule has 0 aromatic heterocycles. The Labute approximate surface area is 157 Å². The largest absolute Gasteiger partial charge is 0.466 e. The lowest BCUT2D eigenvalue weighted by Gasteiger charge is -2.37. The second kappa shape index (κ2) is 10.3. The van der Waals surface area contributed by atoms with Crippen LogP contribution in [0.25, 0.3) is 0 Å². The van der Waals surface area contributed by atoms with E-state index in [0.29, 0.717) is 19.6 Å². The van der Waals surface area contributed by atoms with Crippen LogP contribution in [0.5, 0.6) is 0 Å². The van der Waals surface area contributed by atoms with Gasteiger partial charge in [0.2, 0.25) is 0 Å². The number of carbonyl (C=O) groups excluding carboxylic acids is 2. The van der Waals surface area contributed by atoms with Crippen molar-refractivity contribution in [3.8, 4) is 0 Å². The SMILES string of the molecule is CCCCCC[C@@H]1c2ccccc2C[C@H](C(=O)OCC)[C@@H]1C(=O)OCC. The maximum atomic E-state index is 12.8. The first-order valence-corrected chi connectivity index (χ1v) is 10.0. The van der Waals surface area contributed by atoms with Crippen molar-refractivity contribution in [2.45, 2.75) is 65.2 Å². The minimum absolute atomic E-state index is 0.0188. The Bertz CT molecular complexity index is 596. The average molecular weight is 360 g/mol. The van der Waals surface area contributed by atoms with Gasteiger partial charge in [0.25, 0.3) is 0 Å². The molecule has 4 nitrogen and oxygen atoms in total. The highest BCUT2D eigenvalue weighted by Crippen LogP contribution is 2.43. The third-order valence-electron chi connectivity index (χ3n) is 5.28. The molecule has 0 heterocycles. The van der Waals surface area contributed by atoms with Gasteiger partial charge in [0.05, 0.1) is 25.0 Å². The fourth-order valence-electron chi connectivity index (χ4n) is 4.09. The van der Waals surface area contributed by atoms with Crippen LogP contribution in [0.4, 0.5) is 0 Å². The Hall–Kier alpha value is -1.84. The summed E-state index contributed by atoms with van der Waals surface area (Å²) < 4.78 is 10.7. The summed E-state index contributed by atoms with van der Waals surface area (Å²) >= 11 is 0. The molecule has 0 aliphatic heterocycles. The van der Waals surface area contributed by atoms with Crippen LogP contribution in [-0.4, -0.2) is 25.2 Å². The number of benzene rings is 1. The van der Waals surface area contributed by atoms with E-state index in [1.54, 1.807) is 6.92 Å². The van der Waals surface area contributed by atoms with Crippen LogP contribution < -0.4 is 0 Å². The number of fused-ring (bicyclic) bond motifs is 1. The molecule has 3 atom stereocenters. The number of esters is 2. The van der Waals surface area contributed by atoms with Gasteiger partial charge in [0.15, 0.2) is 0 Å². The lowest BCUT2D eigenvalue weighted by atomic mass is 9.67. The van der Waals surface area contributed by atoms with Gasteiger partial charge in [0.1, 0.15) is 0 Å². The fraction of sp³-hybridized carbons (Fsp3) is 0.636. The van der Waals surface area contributed by atoms with Gasteiger partial charge in [-0.1, -0.05) is 56.9 Å². The zero-order valence-electron chi connectivity index (χ0n) is 16.3. The zero-order valence-corrected chi connectivity index (χ0v) is 16.3. The Balaban J connectivity index is 2.34. The van der Waals surface area contributed by atoms with Gasteiger partial charge in [-0.05, 0) is 43.7 Å². The van der Waals surface area contributed by atoms with Crippen LogP contribution in [0.2, 0.25) is 0 Å². The molecule has 144 valence electrons. The number of hydrogen-bond acceptors (Lipinski definition) is 4. The summed E-state index contributed by atoms with van der Waals surface area (Å²) in [5.74, 6) is -1.44. The van der Waals surface area contributed by atoms with E-state index in [1.165, 1.54) is 18.4 Å². The number of unbranched alkanes of at least 4 members (excludes halogenated alkanes) is 3. The van der Waals surface area contributed by atoms with E-state index in [1.807, 2.05) is 19.1 Å². The summed E-state index contributed by atoms with van der Waals surface area (Å²) in [6.07, 6.45) is 6.02. The highest BCUT2D eigenvalue weighted by Gasteiger charge is 2.45. The fourth-order valence-corrected chi connectivity index (χ4v) is 4.09. The minimum atomic E-state index is -0.458. The molecule has 2 rings (SSSR count). The molecular formula is C22H32O4. The van der Waals surface area contributed by atoms with Crippen LogP contribution in [-0.2, 0) is 25.5 Å². The maximum absolute atomic E-state index is 12.8. The molecule has 1 aromatic carbocycles. The van der Waals surface area contributed by atoms with Gasteiger partial charge in [-0.2, -0.15) is 0 Å². The van der Waals surface area contributed by atoms with Crippen molar-refractivity contribution < 1.29 is 19.1 Å². The molecule has 4 heteroatoms. The molecule has 0 saturated carbocycles. The maximum Gasteiger partial charge on any atom is 0.310 e. The second-order valence-corrected chi connectivity index (χ2v) is 7.00. The van der Waals surface area contributed by atoms with Crippen LogP contribution in [0, 0.1) is 11.8 Å². The first-order chi connectivity index (χ1) is 12.6. The van der Waals surface area contributed by atoms with Crippen molar-refractivity contribution in [2.75, 3.05) is 13.2 Å². The smallest absolute Gasteiger partial charge is 0.310 e. The minimum Gasteiger partial charge on any atom is -0.466 e. The standard InChI is InChI=1S/C22H32O4/c1-4-7-8-9-14-18-17-13-11-10-12-16(17)15-19(21(23)25-5-2)20(18)22(24)26-6-3/h10-13,18-20H,4-9,14-15H2,1-3H3/t18-,19+,20-/m1/s1. The normalized spacial score (nSPS) is 21.7. The van der Waals surface area contributed by atoms with E-state index in [4.69, 9.17) is 9.47 Å². The Morgan fingerprint density at radius 2 is 1.65 bits per heavy atom. The van der Waals surface area contributed by atoms with Crippen molar-refractivity contribution >= 4 is 11.9 Å². The summed E-state index contributed by atoms with van der Waals surface area (Å²) in [5, 5.41) is 0. The monoisotopic (exact) mass is 360 g/mol.